The number of anilines is 1. The molecule has 2 rings (SSSR count). The van der Waals surface area contributed by atoms with E-state index in [2.05, 4.69) is 32.6 Å². The minimum absolute atomic E-state index is 0.175. The van der Waals surface area contributed by atoms with Gasteiger partial charge in [-0.1, -0.05) is 0 Å². The van der Waals surface area contributed by atoms with Crippen molar-refractivity contribution in [2.75, 3.05) is 4.90 Å². The van der Waals surface area contributed by atoms with Gasteiger partial charge in [-0.3, -0.25) is 0 Å². The predicted molar refractivity (Wildman–Crippen MR) is 79.3 cm³/mol. The van der Waals surface area contributed by atoms with Crippen LogP contribution in [-0.4, -0.2) is 33.4 Å². The topological polar surface area (TPSA) is 60.8 Å². The molecule has 1 fully saturated rings. The Labute approximate surface area is 120 Å². The molecule has 1 aromatic rings. The molecule has 0 atom stereocenters. The first-order chi connectivity index (χ1) is 9.13. The lowest BCUT2D eigenvalue weighted by Crippen LogP contribution is -2.62. The number of carboxylic acids is 1. The Morgan fingerprint density at radius 1 is 1.10 bits per heavy atom. The average Bonchev–Trinajstić information content (AvgIpc) is 2.25. The minimum atomic E-state index is -0.913. The number of benzene rings is 1. The fraction of sp³-hybridized carbons (Fsp3) is 0.562. The largest absolute Gasteiger partial charge is 0.478 e. The average molecular weight is 277 g/mol. The molecule has 0 aliphatic carbocycles. The third kappa shape index (κ3) is 2.66. The van der Waals surface area contributed by atoms with E-state index in [1.165, 1.54) is 0 Å². The number of nitrogens with zero attached hydrogens (tertiary/aromatic N) is 1. The summed E-state index contributed by atoms with van der Waals surface area (Å²) in [5.41, 5.74) is 0.941. The van der Waals surface area contributed by atoms with E-state index < -0.39 is 5.97 Å². The molecule has 1 saturated heterocycles. The molecule has 0 spiro atoms. The van der Waals surface area contributed by atoms with E-state index in [9.17, 15) is 9.90 Å². The number of hydrogen-bond acceptors (Lipinski definition) is 3. The lowest BCUT2D eigenvalue weighted by molar-refractivity contribution is 0.0649. The number of aromatic carboxylic acids is 1. The predicted octanol–water partition coefficient (Wildman–Crippen LogP) is 2.90. The number of piperidine rings is 1. The summed E-state index contributed by atoms with van der Waals surface area (Å²) in [6.07, 6.45) is 1.11. The van der Waals surface area contributed by atoms with Crippen LogP contribution in [0.4, 0.5) is 5.69 Å². The quantitative estimate of drug-likeness (QED) is 0.872. The van der Waals surface area contributed by atoms with Gasteiger partial charge < -0.3 is 15.1 Å². The van der Waals surface area contributed by atoms with Crippen molar-refractivity contribution in [3.63, 3.8) is 0 Å². The first-order valence-electron chi connectivity index (χ1n) is 6.95. The van der Waals surface area contributed by atoms with E-state index in [4.69, 9.17) is 5.11 Å². The third-order valence-corrected chi connectivity index (χ3v) is 4.05. The monoisotopic (exact) mass is 277 g/mol. The van der Waals surface area contributed by atoms with E-state index in [-0.39, 0.29) is 17.2 Å². The van der Waals surface area contributed by atoms with Crippen molar-refractivity contribution in [3.05, 3.63) is 29.8 Å². The summed E-state index contributed by atoms with van der Waals surface area (Å²) >= 11 is 0. The van der Waals surface area contributed by atoms with Crippen LogP contribution >= 0.6 is 0 Å². The molecule has 4 nitrogen and oxygen atoms in total. The van der Waals surface area contributed by atoms with Crippen LogP contribution < -0.4 is 4.90 Å². The molecule has 20 heavy (non-hydrogen) atoms. The first-order valence-corrected chi connectivity index (χ1v) is 6.95. The van der Waals surface area contributed by atoms with Crippen LogP contribution in [-0.2, 0) is 0 Å². The summed E-state index contributed by atoms with van der Waals surface area (Å²) in [5, 5.41) is 19.0. The standard InChI is InChI=1S/C16H23NO3/c1-15(2)9-13(18)10-16(3,4)17(15)12-7-5-11(6-8-12)14(19)20/h5-8,13,18H,9-10H2,1-4H3,(H,19,20). The second-order valence-electron chi connectivity index (χ2n) is 6.87. The van der Waals surface area contributed by atoms with Crippen molar-refractivity contribution in [1.82, 2.24) is 0 Å². The van der Waals surface area contributed by atoms with Crippen LogP contribution in [0.1, 0.15) is 50.9 Å². The van der Waals surface area contributed by atoms with E-state index in [0.717, 1.165) is 5.69 Å². The third-order valence-electron chi connectivity index (χ3n) is 4.05. The van der Waals surface area contributed by atoms with Crippen LogP contribution in [0.5, 0.6) is 0 Å². The highest BCUT2D eigenvalue weighted by Crippen LogP contribution is 2.41. The van der Waals surface area contributed by atoms with Gasteiger partial charge in [0.05, 0.1) is 11.7 Å². The zero-order valence-corrected chi connectivity index (χ0v) is 12.6. The number of carboxylic acid groups (broad SMARTS) is 1. The van der Waals surface area contributed by atoms with E-state index in [0.29, 0.717) is 18.4 Å². The van der Waals surface area contributed by atoms with Crippen LogP contribution in [0.2, 0.25) is 0 Å². The van der Waals surface area contributed by atoms with Gasteiger partial charge in [0.15, 0.2) is 0 Å². The molecule has 1 aliphatic rings. The SMILES string of the molecule is CC1(C)CC(O)CC(C)(C)N1c1ccc(C(=O)O)cc1. The zero-order valence-electron chi connectivity index (χ0n) is 12.6. The zero-order chi connectivity index (χ0) is 15.1. The summed E-state index contributed by atoms with van der Waals surface area (Å²) in [7, 11) is 0. The summed E-state index contributed by atoms with van der Waals surface area (Å²) in [6, 6.07) is 6.97. The molecule has 4 heteroatoms. The summed E-state index contributed by atoms with van der Waals surface area (Å²) in [5.74, 6) is -0.913. The molecule has 110 valence electrons. The van der Waals surface area contributed by atoms with Gasteiger partial charge in [0.25, 0.3) is 0 Å². The maximum absolute atomic E-state index is 10.9. The molecule has 1 heterocycles. The van der Waals surface area contributed by atoms with Crippen molar-refractivity contribution in [1.29, 1.82) is 0 Å². The first kappa shape index (κ1) is 14.9. The summed E-state index contributed by atoms with van der Waals surface area (Å²) < 4.78 is 0. The van der Waals surface area contributed by atoms with Crippen molar-refractivity contribution in [2.45, 2.75) is 57.7 Å². The van der Waals surface area contributed by atoms with Gasteiger partial charge in [0.2, 0.25) is 0 Å². The Balaban J connectivity index is 2.40. The number of rotatable bonds is 2. The van der Waals surface area contributed by atoms with Crippen LogP contribution in [0.25, 0.3) is 0 Å². The summed E-state index contributed by atoms with van der Waals surface area (Å²) in [4.78, 5) is 13.2. The second kappa shape index (κ2) is 4.77. The van der Waals surface area contributed by atoms with Gasteiger partial charge in [-0.2, -0.15) is 0 Å². The van der Waals surface area contributed by atoms with Gasteiger partial charge in [-0.05, 0) is 64.8 Å². The van der Waals surface area contributed by atoms with E-state index in [1.54, 1.807) is 12.1 Å². The molecule has 2 N–H and O–H groups in total. The molecule has 0 amide bonds. The Morgan fingerprint density at radius 3 is 1.95 bits per heavy atom. The highest BCUT2D eigenvalue weighted by atomic mass is 16.4. The van der Waals surface area contributed by atoms with E-state index >= 15 is 0 Å². The molecule has 0 radical (unpaired) electrons. The van der Waals surface area contributed by atoms with Gasteiger partial charge in [0.1, 0.15) is 0 Å². The summed E-state index contributed by atoms with van der Waals surface area (Å²) in [6.45, 7) is 8.45. The minimum Gasteiger partial charge on any atom is -0.478 e. The molecular weight excluding hydrogens is 254 g/mol. The second-order valence-corrected chi connectivity index (χ2v) is 6.87. The number of carbonyl (C=O) groups is 1. The van der Waals surface area contributed by atoms with Crippen LogP contribution in [0.15, 0.2) is 24.3 Å². The van der Waals surface area contributed by atoms with Gasteiger partial charge in [0, 0.05) is 16.8 Å². The number of aliphatic hydroxyl groups excluding tert-OH is 1. The van der Waals surface area contributed by atoms with Gasteiger partial charge >= 0.3 is 5.97 Å². The smallest absolute Gasteiger partial charge is 0.335 e. The molecule has 0 unspecified atom stereocenters. The van der Waals surface area contributed by atoms with Gasteiger partial charge in [-0.15, -0.1) is 0 Å². The molecule has 1 aromatic carbocycles. The fourth-order valence-corrected chi connectivity index (χ4v) is 3.68. The van der Waals surface area contributed by atoms with E-state index in [1.807, 2.05) is 12.1 Å². The molecule has 1 aliphatic heterocycles. The lowest BCUT2D eigenvalue weighted by atomic mass is 9.77. The molecular formula is C16H23NO3. The van der Waals surface area contributed by atoms with Crippen molar-refractivity contribution in [3.8, 4) is 0 Å². The number of aliphatic hydroxyl groups is 1. The highest BCUT2D eigenvalue weighted by Gasteiger charge is 2.44. The molecule has 0 bridgehead atoms. The normalized spacial score (nSPS) is 21.8. The molecule has 0 aromatic heterocycles. The van der Waals surface area contributed by atoms with Gasteiger partial charge in [-0.25, -0.2) is 4.79 Å². The maximum Gasteiger partial charge on any atom is 0.335 e. The molecule has 0 saturated carbocycles. The number of hydrogen-bond donors (Lipinski definition) is 2. The Kier molecular flexibility index (Phi) is 3.54. The van der Waals surface area contributed by atoms with Crippen molar-refractivity contribution in [2.24, 2.45) is 0 Å². The maximum atomic E-state index is 10.9. The lowest BCUT2D eigenvalue weighted by Gasteiger charge is -2.55. The van der Waals surface area contributed by atoms with Crippen LogP contribution in [0.3, 0.4) is 0 Å². The van der Waals surface area contributed by atoms with Crippen molar-refractivity contribution >= 4 is 11.7 Å². The fourth-order valence-electron chi connectivity index (χ4n) is 3.68. The Hall–Kier alpha value is -1.55. The van der Waals surface area contributed by atoms with Crippen LogP contribution in [0, 0.1) is 0 Å². The Bertz CT molecular complexity index is 487. The Morgan fingerprint density at radius 2 is 1.55 bits per heavy atom. The van der Waals surface area contributed by atoms with Crippen molar-refractivity contribution < 1.29 is 15.0 Å². The highest BCUT2D eigenvalue weighted by molar-refractivity contribution is 5.88.